The first-order valence-electron chi connectivity index (χ1n) is 6.76. The predicted molar refractivity (Wildman–Crippen MR) is 78.3 cm³/mol. The largest absolute Gasteiger partial charge is 0.496 e. The quantitative estimate of drug-likeness (QED) is 0.779. The van der Waals surface area contributed by atoms with E-state index in [4.69, 9.17) is 10.5 Å². The van der Waals surface area contributed by atoms with Crippen LogP contribution >= 0.6 is 0 Å². The van der Waals surface area contributed by atoms with Crippen molar-refractivity contribution in [3.63, 3.8) is 0 Å². The maximum absolute atomic E-state index is 5.99. The molecule has 2 nitrogen and oxygen atoms in total. The van der Waals surface area contributed by atoms with E-state index in [0.29, 0.717) is 0 Å². The van der Waals surface area contributed by atoms with Gasteiger partial charge in [0.25, 0.3) is 0 Å². The van der Waals surface area contributed by atoms with Gasteiger partial charge in [-0.25, -0.2) is 0 Å². The number of aryl methyl sites for hydroxylation is 3. The normalized spacial score (nSPS) is 11.7. The highest BCUT2D eigenvalue weighted by molar-refractivity contribution is 5.41. The minimum absolute atomic E-state index is 0.0368. The fourth-order valence-electron chi connectivity index (χ4n) is 2.23. The fourth-order valence-corrected chi connectivity index (χ4v) is 2.23. The minimum Gasteiger partial charge on any atom is -0.496 e. The number of rotatable bonds is 6. The third-order valence-corrected chi connectivity index (χ3v) is 3.37. The highest BCUT2D eigenvalue weighted by atomic mass is 16.5. The predicted octanol–water partition coefficient (Wildman–Crippen LogP) is 3.76. The van der Waals surface area contributed by atoms with Crippen molar-refractivity contribution in [2.75, 3.05) is 7.11 Å². The highest BCUT2D eigenvalue weighted by Crippen LogP contribution is 2.24. The van der Waals surface area contributed by atoms with Crippen molar-refractivity contribution in [1.82, 2.24) is 0 Å². The molecule has 1 rings (SSSR count). The molecule has 0 saturated heterocycles. The Morgan fingerprint density at radius 1 is 1.11 bits per heavy atom. The lowest BCUT2D eigenvalue weighted by Gasteiger charge is -2.18. The van der Waals surface area contributed by atoms with Gasteiger partial charge in [0.15, 0.2) is 0 Å². The van der Waals surface area contributed by atoms with Crippen molar-refractivity contribution in [1.29, 1.82) is 0 Å². The van der Waals surface area contributed by atoms with Gasteiger partial charge in [-0.1, -0.05) is 12.5 Å². The van der Waals surface area contributed by atoms with Crippen molar-refractivity contribution < 1.29 is 4.74 Å². The van der Waals surface area contributed by atoms with Gasteiger partial charge < -0.3 is 10.5 Å². The van der Waals surface area contributed by atoms with Gasteiger partial charge in [0, 0.05) is 5.54 Å². The average molecular weight is 249 g/mol. The molecule has 0 amide bonds. The first-order valence-corrected chi connectivity index (χ1v) is 6.76. The Morgan fingerprint density at radius 2 is 1.78 bits per heavy atom. The molecule has 1 aromatic rings. The van der Waals surface area contributed by atoms with Crippen LogP contribution in [0.5, 0.6) is 5.75 Å². The van der Waals surface area contributed by atoms with E-state index >= 15 is 0 Å². The minimum atomic E-state index is -0.0368. The van der Waals surface area contributed by atoms with Crippen LogP contribution in [0.25, 0.3) is 0 Å². The summed E-state index contributed by atoms with van der Waals surface area (Å²) in [5, 5.41) is 0. The standard InChI is InChI=1S/C16H27NO/c1-12-11-15(18-5)13(2)10-14(12)8-6-7-9-16(3,4)17/h10-11H,6-9,17H2,1-5H3. The maximum Gasteiger partial charge on any atom is 0.122 e. The Kier molecular flexibility index (Phi) is 5.21. The van der Waals surface area contributed by atoms with Crippen LogP contribution in [-0.4, -0.2) is 12.6 Å². The van der Waals surface area contributed by atoms with E-state index in [1.165, 1.54) is 29.5 Å². The summed E-state index contributed by atoms with van der Waals surface area (Å²) in [7, 11) is 1.73. The van der Waals surface area contributed by atoms with E-state index < -0.39 is 0 Å². The van der Waals surface area contributed by atoms with Crippen LogP contribution in [0.2, 0.25) is 0 Å². The van der Waals surface area contributed by atoms with Gasteiger partial charge in [-0.05, 0) is 69.7 Å². The Bertz CT molecular complexity index is 391. The van der Waals surface area contributed by atoms with Crippen molar-refractivity contribution in [3.05, 3.63) is 28.8 Å². The van der Waals surface area contributed by atoms with Crippen LogP contribution in [0.3, 0.4) is 0 Å². The Hall–Kier alpha value is -1.02. The first-order chi connectivity index (χ1) is 8.33. The molecule has 0 saturated carbocycles. The zero-order valence-corrected chi connectivity index (χ0v) is 12.5. The van der Waals surface area contributed by atoms with Crippen molar-refractivity contribution in [2.45, 2.75) is 58.9 Å². The third kappa shape index (κ3) is 4.69. The van der Waals surface area contributed by atoms with E-state index in [9.17, 15) is 0 Å². The van der Waals surface area contributed by atoms with Crippen LogP contribution in [0, 0.1) is 13.8 Å². The highest BCUT2D eigenvalue weighted by Gasteiger charge is 2.10. The molecule has 0 fully saturated rings. The summed E-state index contributed by atoms with van der Waals surface area (Å²) in [5.41, 5.74) is 9.93. The number of methoxy groups -OCH3 is 1. The van der Waals surface area contributed by atoms with Gasteiger partial charge in [0.2, 0.25) is 0 Å². The smallest absolute Gasteiger partial charge is 0.122 e. The number of hydrogen-bond acceptors (Lipinski definition) is 2. The molecule has 0 heterocycles. The van der Waals surface area contributed by atoms with E-state index in [0.717, 1.165) is 18.6 Å². The lowest BCUT2D eigenvalue weighted by molar-refractivity contribution is 0.411. The summed E-state index contributed by atoms with van der Waals surface area (Å²) in [6.45, 7) is 8.44. The van der Waals surface area contributed by atoms with Gasteiger partial charge in [-0.15, -0.1) is 0 Å². The van der Waals surface area contributed by atoms with E-state index in [-0.39, 0.29) is 5.54 Å². The van der Waals surface area contributed by atoms with E-state index in [1.807, 2.05) is 0 Å². The van der Waals surface area contributed by atoms with Gasteiger partial charge in [0.1, 0.15) is 5.75 Å². The Labute approximate surface area is 112 Å². The summed E-state index contributed by atoms with van der Waals surface area (Å²) < 4.78 is 5.33. The molecule has 2 N–H and O–H groups in total. The monoisotopic (exact) mass is 249 g/mol. The van der Waals surface area contributed by atoms with Gasteiger partial charge >= 0.3 is 0 Å². The number of unbranched alkanes of at least 4 members (excludes halogenated alkanes) is 1. The molecule has 0 aliphatic carbocycles. The average Bonchev–Trinajstić information content (AvgIpc) is 2.27. The summed E-state index contributed by atoms with van der Waals surface area (Å²) in [4.78, 5) is 0. The van der Waals surface area contributed by atoms with Crippen molar-refractivity contribution >= 4 is 0 Å². The number of hydrogen-bond donors (Lipinski definition) is 1. The van der Waals surface area contributed by atoms with Crippen molar-refractivity contribution in [2.24, 2.45) is 5.73 Å². The van der Waals surface area contributed by atoms with E-state index in [1.54, 1.807) is 7.11 Å². The molecular weight excluding hydrogens is 222 g/mol. The lowest BCUT2D eigenvalue weighted by atomic mass is 9.95. The summed E-state index contributed by atoms with van der Waals surface area (Å²) >= 11 is 0. The second kappa shape index (κ2) is 6.24. The Morgan fingerprint density at radius 3 is 2.33 bits per heavy atom. The van der Waals surface area contributed by atoms with Crippen molar-refractivity contribution in [3.8, 4) is 5.75 Å². The molecular formula is C16H27NO. The summed E-state index contributed by atoms with van der Waals surface area (Å²) in [6, 6.07) is 4.39. The molecule has 0 aromatic heterocycles. The third-order valence-electron chi connectivity index (χ3n) is 3.37. The van der Waals surface area contributed by atoms with Crippen LogP contribution in [0.1, 0.15) is 49.8 Å². The number of benzene rings is 1. The Balaban J connectivity index is 2.55. The van der Waals surface area contributed by atoms with E-state index in [2.05, 4.69) is 39.8 Å². The topological polar surface area (TPSA) is 35.2 Å². The molecule has 102 valence electrons. The molecule has 0 aliphatic heterocycles. The van der Waals surface area contributed by atoms with Gasteiger partial charge in [-0.3, -0.25) is 0 Å². The molecule has 2 heteroatoms. The molecule has 0 aliphatic rings. The molecule has 18 heavy (non-hydrogen) atoms. The van der Waals surface area contributed by atoms with Crippen LogP contribution in [0.4, 0.5) is 0 Å². The van der Waals surface area contributed by atoms with Crippen LogP contribution in [0.15, 0.2) is 12.1 Å². The summed E-state index contributed by atoms with van der Waals surface area (Å²) in [5.74, 6) is 0.986. The van der Waals surface area contributed by atoms with Gasteiger partial charge in [0.05, 0.1) is 7.11 Å². The first kappa shape index (κ1) is 15.0. The fraction of sp³-hybridized carbons (Fsp3) is 0.625. The molecule has 0 spiro atoms. The molecule has 0 bridgehead atoms. The van der Waals surface area contributed by atoms with Gasteiger partial charge in [-0.2, -0.15) is 0 Å². The summed E-state index contributed by atoms with van der Waals surface area (Å²) in [6.07, 6.45) is 4.61. The van der Waals surface area contributed by atoms with Crippen LogP contribution < -0.4 is 10.5 Å². The number of nitrogens with two attached hydrogens (primary N) is 1. The zero-order chi connectivity index (χ0) is 13.8. The second-order valence-corrected chi connectivity index (χ2v) is 5.94. The van der Waals surface area contributed by atoms with Crippen LogP contribution in [-0.2, 0) is 6.42 Å². The zero-order valence-electron chi connectivity index (χ0n) is 12.5. The molecule has 0 atom stereocenters. The maximum atomic E-state index is 5.99. The molecule has 1 aromatic carbocycles. The lowest BCUT2D eigenvalue weighted by Crippen LogP contribution is -2.31. The SMILES string of the molecule is COc1cc(C)c(CCCCC(C)(C)N)cc1C. The number of ether oxygens (including phenoxy) is 1. The molecule has 0 radical (unpaired) electrons. The second-order valence-electron chi connectivity index (χ2n) is 5.94. The molecule has 0 unspecified atom stereocenters.